The van der Waals surface area contributed by atoms with E-state index in [0.717, 1.165) is 5.69 Å². The molecule has 0 bridgehead atoms. The number of piperazine rings is 1. The van der Waals surface area contributed by atoms with E-state index in [9.17, 15) is 14.7 Å². The van der Waals surface area contributed by atoms with Gasteiger partial charge in [-0.05, 0) is 24.3 Å². The van der Waals surface area contributed by atoms with Crippen molar-refractivity contribution in [3.05, 3.63) is 36.7 Å². The van der Waals surface area contributed by atoms with Crippen LogP contribution in [0.2, 0.25) is 0 Å². The Labute approximate surface area is 149 Å². The van der Waals surface area contributed by atoms with Crippen molar-refractivity contribution >= 4 is 12.2 Å². The van der Waals surface area contributed by atoms with Crippen LogP contribution in [0, 0.1) is 0 Å². The normalized spacial score (nSPS) is 17.2. The zero-order valence-corrected chi connectivity index (χ0v) is 13.9. The summed E-state index contributed by atoms with van der Waals surface area (Å²) in [5, 5.41) is 26.0. The second-order valence-corrected chi connectivity index (χ2v) is 5.84. The Bertz CT molecular complexity index is 749. The molecule has 2 aromatic rings. The van der Waals surface area contributed by atoms with Gasteiger partial charge in [0.05, 0.1) is 30.7 Å². The molecule has 1 aromatic carbocycles. The number of carboxylic acid groups (broad SMARTS) is 2. The fraction of sp³-hybridized carbons (Fsp3) is 0.375. The molecular formula is C16H19N5O5. The number of aromatic nitrogens is 3. The molecule has 0 radical (unpaired) electrons. The molecule has 0 unspecified atom stereocenters. The maximum atomic E-state index is 11.3. The molecule has 1 aromatic heterocycles. The topological polar surface area (TPSA) is 121 Å². The maximum Gasteiger partial charge on any atom is 0.407 e. The Balaban J connectivity index is 1.55. The third-order valence-electron chi connectivity index (χ3n) is 4.24. The number of benzene rings is 1. The van der Waals surface area contributed by atoms with Crippen LogP contribution < -0.4 is 4.74 Å². The van der Waals surface area contributed by atoms with Gasteiger partial charge >= 0.3 is 12.2 Å². The number of amides is 2. The number of hydrogen-bond acceptors (Lipinski definition) is 5. The molecule has 138 valence electrons. The quantitative estimate of drug-likeness (QED) is 0.825. The van der Waals surface area contributed by atoms with Gasteiger partial charge in [-0.2, -0.15) is 0 Å². The van der Waals surface area contributed by atoms with Crippen LogP contribution in [-0.4, -0.2) is 79.5 Å². The molecule has 1 atom stereocenters. The number of nitrogens with zero attached hydrogens (tertiary/aromatic N) is 5. The molecular weight excluding hydrogens is 342 g/mol. The lowest BCUT2D eigenvalue weighted by atomic mass is 10.1. The highest BCUT2D eigenvalue weighted by atomic mass is 16.5. The summed E-state index contributed by atoms with van der Waals surface area (Å²) in [6.07, 6.45) is 1.64. The lowest BCUT2D eigenvalue weighted by Gasteiger charge is -2.38. The first-order valence-corrected chi connectivity index (χ1v) is 8.11. The van der Waals surface area contributed by atoms with Crippen LogP contribution in [-0.2, 0) is 0 Å². The van der Waals surface area contributed by atoms with Gasteiger partial charge < -0.3 is 24.7 Å². The van der Waals surface area contributed by atoms with Crippen molar-refractivity contribution < 1.29 is 24.5 Å². The molecule has 0 spiro atoms. The molecule has 10 heteroatoms. The number of hydrogen-bond donors (Lipinski definition) is 2. The first kappa shape index (κ1) is 17.5. The zero-order valence-electron chi connectivity index (χ0n) is 13.9. The molecule has 1 aliphatic heterocycles. The summed E-state index contributed by atoms with van der Waals surface area (Å²) >= 11 is 0. The monoisotopic (exact) mass is 361 g/mol. The highest BCUT2D eigenvalue weighted by Crippen LogP contribution is 2.17. The lowest BCUT2D eigenvalue weighted by Crippen LogP contribution is -2.56. The summed E-state index contributed by atoms with van der Waals surface area (Å²) in [5.74, 6) is 0.640. The van der Waals surface area contributed by atoms with Gasteiger partial charge in [0.2, 0.25) is 0 Å². The average molecular weight is 361 g/mol. The van der Waals surface area contributed by atoms with Gasteiger partial charge in [-0.1, -0.05) is 5.21 Å². The van der Waals surface area contributed by atoms with Gasteiger partial charge in [-0.3, -0.25) is 0 Å². The van der Waals surface area contributed by atoms with Crippen LogP contribution in [0.1, 0.15) is 6.42 Å². The molecule has 0 aliphatic carbocycles. The molecule has 0 saturated carbocycles. The Morgan fingerprint density at radius 1 is 1.15 bits per heavy atom. The molecule has 1 aliphatic rings. The highest BCUT2D eigenvalue weighted by molar-refractivity contribution is 5.68. The number of rotatable bonds is 5. The van der Waals surface area contributed by atoms with E-state index in [1.54, 1.807) is 29.2 Å². The lowest BCUT2D eigenvalue weighted by molar-refractivity contribution is 0.0562. The predicted octanol–water partition coefficient (Wildman–Crippen LogP) is 1.38. The Morgan fingerprint density at radius 2 is 1.92 bits per heavy atom. The first-order chi connectivity index (χ1) is 12.5. The minimum atomic E-state index is -1.04. The van der Waals surface area contributed by atoms with Crippen LogP contribution in [0.3, 0.4) is 0 Å². The van der Waals surface area contributed by atoms with E-state index < -0.39 is 18.2 Å². The van der Waals surface area contributed by atoms with Gasteiger partial charge in [0, 0.05) is 26.1 Å². The van der Waals surface area contributed by atoms with Crippen LogP contribution >= 0.6 is 0 Å². The van der Waals surface area contributed by atoms with Gasteiger partial charge in [-0.15, -0.1) is 5.10 Å². The third kappa shape index (κ3) is 4.02. The average Bonchev–Trinajstić information content (AvgIpc) is 3.16. The molecule has 26 heavy (non-hydrogen) atoms. The first-order valence-electron chi connectivity index (χ1n) is 8.11. The van der Waals surface area contributed by atoms with Gasteiger partial charge in [-0.25, -0.2) is 14.3 Å². The van der Waals surface area contributed by atoms with Crippen LogP contribution in [0.25, 0.3) is 5.69 Å². The maximum absolute atomic E-state index is 11.3. The Morgan fingerprint density at radius 3 is 2.54 bits per heavy atom. The van der Waals surface area contributed by atoms with Crippen molar-refractivity contribution in [1.82, 2.24) is 24.8 Å². The predicted molar refractivity (Wildman–Crippen MR) is 89.6 cm³/mol. The SMILES string of the molecule is O=C(O)N1CCN(C(=O)O)[C@H](CCOc2ccc(-n3ccnn3)cc2)C1. The fourth-order valence-electron chi connectivity index (χ4n) is 2.88. The summed E-state index contributed by atoms with van der Waals surface area (Å²) in [6.45, 7) is 0.780. The number of ether oxygens (including phenoxy) is 1. The van der Waals surface area contributed by atoms with Crippen molar-refractivity contribution in [3.63, 3.8) is 0 Å². The van der Waals surface area contributed by atoms with Crippen LogP contribution in [0.4, 0.5) is 9.59 Å². The van der Waals surface area contributed by atoms with Crippen molar-refractivity contribution in [2.24, 2.45) is 0 Å². The molecule has 3 rings (SSSR count). The van der Waals surface area contributed by atoms with E-state index in [2.05, 4.69) is 10.3 Å². The number of carbonyl (C=O) groups is 2. The van der Waals surface area contributed by atoms with Crippen molar-refractivity contribution in [3.8, 4) is 11.4 Å². The summed E-state index contributed by atoms with van der Waals surface area (Å²) in [4.78, 5) is 25.0. The minimum absolute atomic E-state index is 0.149. The molecule has 2 N–H and O–H groups in total. The summed E-state index contributed by atoms with van der Waals surface area (Å²) in [6, 6.07) is 6.82. The van der Waals surface area contributed by atoms with Crippen molar-refractivity contribution in [2.75, 3.05) is 26.2 Å². The minimum Gasteiger partial charge on any atom is -0.494 e. The molecule has 10 nitrogen and oxygen atoms in total. The highest BCUT2D eigenvalue weighted by Gasteiger charge is 2.32. The van der Waals surface area contributed by atoms with E-state index in [4.69, 9.17) is 9.84 Å². The van der Waals surface area contributed by atoms with Gasteiger partial charge in [0.25, 0.3) is 0 Å². The summed E-state index contributed by atoms with van der Waals surface area (Å²) in [7, 11) is 0. The van der Waals surface area contributed by atoms with E-state index in [1.165, 1.54) is 9.80 Å². The summed E-state index contributed by atoms with van der Waals surface area (Å²) < 4.78 is 7.30. The van der Waals surface area contributed by atoms with Crippen molar-refractivity contribution in [1.29, 1.82) is 0 Å². The van der Waals surface area contributed by atoms with Gasteiger partial charge in [0.1, 0.15) is 5.75 Å². The Kier molecular flexibility index (Phi) is 5.20. The summed E-state index contributed by atoms with van der Waals surface area (Å²) in [5.41, 5.74) is 0.844. The smallest absolute Gasteiger partial charge is 0.407 e. The third-order valence-corrected chi connectivity index (χ3v) is 4.24. The zero-order chi connectivity index (χ0) is 18.5. The van der Waals surface area contributed by atoms with Crippen LogP contribution in [0.5, 0.6) is 5.75 Å². The van der Waals surface area contributed by atoms with E-state index >= 15 is 0 Å². The Hall–Kier alpha value is -3.30. The van der Waals surface area contributed by atoms with E-state index in [1.807, 2.05) is 12.1 Å². The molecule has 2 heterocycles. The second kappa shape index (κ2) is 7.72. The molecule has 1 fully saturated rings. The molecule has 2 amide bonds. The fourth-order valence-corrected chi connectivity index (χ4v) is 2.88. The largest absolute Gasteiger partial charge is 0.494 e. The molecule has 1 saturated heterocycles. The standard InChI is InChI=1S/C16H19N5O5/c22-15(23)19-8-9-20(16(24)25)13(11-19)5-10-26-14-3-1-12(2-4-14)21-7-6-17-18-21/h1-4,6-7,13H,5,8-11H2,(H,22,23)(H,24,25)/t13-/m1/s1. The van der Waals surface area contributed by atoms with Gasteiger partial charge in [0.15, 0.2) is 0 Å². The van der Waals surface area contributed by atoms with Crippen molar-refractivity contribution in [2.45, 2.75) is 12.5 Å². The van der Waals surface area contributed by atoms with E-state index in [0.29, 0.717) is 12.2 Å². The van der Waals surface area contributed by atoms with E-state index in [-0.39, 0.29) is 26.2 Å². The van der Waals surface area contributed by atoms with Crippen LogP contribution in [0.15, 0.2) is 36.7 Å². The second-order valence-electron chi connectivity index (χ2n) is 5.84.